The zero-order chi connectivity index (χ0) is 12.6. The van der Waals surface area contributed by atoms with Gasteiger partial charge in [0, 0.05) is 12.1 Å². The Morgan fingerprint density at radius 3 is 2.72 bits per heavy atom. The average Bonchev–Trinajstić information content (AvgIpc) is 2.42. The van der Waals surface area contributed by atoms with Crippen LogP contribution in [0.4, 0.5) is 0 Å². The van der Waals surface area contributed by atoms with E-state index < -0.39 is 0 Å². The molecule has 2 rings (SSSR count). The molecule has 1 aliphatic rings. The second-order valence-electron chi connectivity index (χ2n) is 5.16. The van der Waals surface area contributed by atoms with Crippen LogP contribution in [0.2, 0.25) is 0 Å². The Morgan fingerprint density at radius 1 is 1.17 bits per heavy atom. The molecule has 0 heterocycles. The standard InChI is InChI=1S/C16H25NO/c1-2-12-17-13-14-8-6-7-11-16(14)18-15-9-4-3-5-10-15/h6-8,11,15,17H,2-5,9-10,12-13H2,1H3. The molecule has 0 radical (unpaired) electrons. The SMILES string of the molecule is CCCNCc1ccccc1OC1CCCCC1. The van der Waals surface area contributed by atoms with Crippen LogP contribution in [0, 0.1) is 0 Å². The van der Waals surface area contributed by atoms with Crippen molar-refractivity contribution in [3.8, 4) is 5.75 Å². The van der Waals surface area contributed by atoms with Crippen molar-refractivity contribution >= 4 is 0 Å². The quantitative estimate of drug-likeness (QED) is 0.770. The highest BCUT2D eigenvalue weighted by molar-refractivity contribution is 5.33. The summed E-state index contributed by atoms with van der Waals surface area (Å²) in [5, 5.41) is 3.45. The molecule has 1 saturated carbocycles. The fraction of sp³-hybridized carbons (Fsp3) is 0.625. The third kappa shape index (κ3) is 4.02. The first-order valence-corrected chi connectivity index (χ1v) is 7.35. The lowest BCUT2D eigenvalue weighted by Crippen LogP contribution is -2.21. The number of benzene rings is 1. The number of hydrogen-bond acceptors (Lipinski definition) is 2. The van der Waals surface area contributed by atoms with Crippen molar-refractivity contribution in [2.45, 2.75) is 58.1 Å². The first-order chi connectivity index (χ1) is 8.90. The van der Waals surface area contributed by atoms with Crippen molar-refractivity contribution in [1.29, 1.82) is 0 Å². The van der Waals surface area contributed by atoms with E-state index >= 15 is 0 Å². The van der Waals surface area contributed by atoms with Crippen LogP contribution in [-0.4, -0.2) is 12.6 Å². The van der Waals surface area contributed by atoms with Crippen LogP contribution in [0.5, 0.6) is 5.75 Å². The average molecular weight is 247 g/mol. The van der Waals surface area contributed by atoms with Crippen LogP contribution in [0.25, 0.3) is 0 Å². The van der Waals surface area contributed by atoms with E-state index in [1.54, 1.807) is 0 Å². The summed E-state index contributed by atoms with van der Waals surface area (Å²) in [4.78, 5) is 0. The third-order valence-corrected chi connectivity index (χ3v) is 3.56. The van der Waals surface area contributed by atoms with Crippen molar-refractivity contribution in [1.82, 2.24) is 5.32 Å². The predicted octanol–water partition coefficient (Wildman–Crippen LogP) is 3.90. The highest BCUT2D eigenvalue weighted by Gasteiger charge is 2.15. The zero-order valence-corrected chi connectivity index (χ0v) is 11.5. The Hall–Kier alpha value is -1.02. The predicted molar refractivity (Wildman–Crippen MR) is 75.9 cm³/mol. The molecule has 0 bridgehead atoms. The maximum atomic E-state index is 6.18. The molecule has 0 aliphatic heterocycles. The number of para-hydroxylation sites is 1. The Labute approximate surface area is 111 Å². The molecular formula is C16H25NO. The monoisotopic (exact) mass is 247 g/mol. The molecule has 0 aromatic heterocycles. The number of rotatable bonds is 6. The third-order valence-electron chi connectivity index (χ3n) is 3.56. The maximum Gasteiger partial charge on any atom is 0.124 e. The van der Waals surface area contributed by atoms with E-state index in [9.17, 15) is 0 Å². The Morgan fingerprint density at radius 2 is 1.94 bits per heavy atom. The lowest BCUT2D eigenvalue weighted by Gasteiger charge is -2.24. The minimum Gasteiger partial charge on any atom is -0.490 e. The molecule has 1 N–H and O–H groups in total. The van der Waals surface area contributed by atoms with Gasteiger partial charge >= 0.3 is 0 Å². The maximum absolute atomic E-state index is 6.18. The van der Waals surface area contributed by atoms with Gasteiger partial charge in [-0.25, -0.2) is 0 Å². The fourth-order valence-corrected chi connectivity index (χ4v) is 2.53. The van der Waals surface area contributed by atoms with E-state index in [1.165, 1.54) is 44.1 Å². The molecule has 1 aromatic rings. The van der Waals surface area contributed by atoms with E-state index in [2.05, 4.69) is 36.5 Å². The van der Waals surface area contributed by atoms with Gasteiger partial charge in [-0.2, -0.15) is 0 Å². The Balaban J connectivity index is 1.93. The van der Waals surface area contributed by atoms with Gasteiger partial charge in [0.1, 0.15) is 5.75 Å². The second kappa shape index (κ2) is 7.42. The van der Waals surface area contributed by atoms with Gasteiger partial charge in [-0.3, -0.25) is 0 Å². The van der Waals surface area contributed by atoms with Crippen molar-refractivity contribution in [2.24, 2.45) is 0 Å². The van der Waals surface area contributed by atoms with Crippen molar-refractivity contribution in [3.05, 3.63) is 29.8 Å². The summed E-state index contributed by atoms with van der Waals surface area (Å²) in [5.41, 5.74) is 1.29. The van der Waals surface area contributed by atoms with Gasteiger partial charge in [-0.1, -0.05) is 31.5 Å². The van der Waals surface area contributed by atoms with Gasteiger partial charge in [0.25, 0.3) is 0 Å². The molecule has 18 heavy (non-hydrogen) atoms. The van der Waals surface area contributed by atoms with E-state index in [-0.39, 0.29) is 0 Å². The van der Waals surface area contributed by atoms with E-state index in [0.717, 1.165) is 18.8 Å². The summed E-state index contributed by atoms with van der Waals surface area (Å²) >= 11 is 0. The summed E-state index contributed by atoms with van der Waals surface area (Å²) in [7, 11) is 0. The van der Waals surface area contributed by atoms with E-state index in [0.29, 0.717) is 6.10 Å². The lowest BCUT2D eigenvalue weighted by molar-refractivity contribution is 0.153. The number of ether oxygens (including phenoxy) is 1. The minimum absolute atomic E-state index is 0.436. The minimum atomic E-state index is 0.436. The van der Waals surface area contributed by atoms with Crippen LogP contribution in [-0.2, 0) is 6.54 Å². The zero-order valence-electron chi connectivity index (χ0n) is 11.5. The van der Waals surface area contributed by atoms with E-state index in [4.69, 9.17) is 4.74 Å². The molecule has 0 saturated heterocycles. The van der Waals surface area contributed by atoms with Crippen LogP contribution >= 0.6 is 0 Å². The molecule has 0 unspecified atom stereocenters. The molecule has 100 valence electrons. The molecule has 0 atom stereocenters. The summed E-state index contributed by atoms with van der Waals surface area (Å²) in [6.45, 7) is 4.17. The second-order valence-corrected chi connectivity index (χ2v) is 5.16. The number of hydrogen-bond donors (Lipinski definition) is 1. The van der Waals surface area contributed by atoms with Gasteiger partial charge in [0.15, 0.2) is 0 Å². The molecule has 1 aliphatic carbocycles. The topological polar surface area (TPSA) is 21.3 Å². The van der Waals surface area contributed by atoms with Crippen LogP contribution in [0.15, 0.2) is 24.3 Å². The molecule has 0 spiro atoms. The van der Waals surface area contributed by atoms with Crippen molar-refractivity contribution < 1.29 is 4.74 Å². The molecule has 1 fully saturated rings. The first-order valence-electron chi connectivity index (χ1n) is 7.35. The molecule has 2 nitrogen and oxygen atoms in total. The fourth-order valence-electron chi connectivity index (χ4n) is 2.53. The van der Waals surface area contributed by atoms with Gasteiger partial charge in [0.05, 0.1) is 6.10 Å². The molecular weight excluding hydrogens is 222 g/mol. The van der Waals surface area contributed by atoms with Gasteiger partial charge in [0.2, 0.25) is 0 Å². The summed E-state index contributed by atoms with van der Waals surface area (Å²) in [6.07, 6.45) is 8.06. The van der Waals surface area contributed by atoms with E-state index in [1.807, 2.05) is 0 Å². The molecule has 2 heteroatoms. The number of nitrogens with one attached hydrogen (secondary N) is 1. The van der Waals surface area contributed by atoms with Crippen molar-refractivity contribution in [3.63, 3.8) is 0 Å². The van der Waals surface area contributed by atoms with Crippen LogP contribution in [0.1, 0.15) is 51.0 Å². The normalized spacial score (nSPS) is 16.7. The van der Waals surface area contributed by atoms with Crippen molar-refractivity contribution in [2.75, 3.05) is 6.54 Å². The van der Waals surface area contributed by atoms with Crippen LogP contribution in [0.3, 0.4) is 0 Å². The van der Waals surface area contributed by atoms with Gasteiger partial charge < -0.3 is 10.1 Å². The largest absolute Gasteiger partial charge is 0.490 e. The Kier molecular flexibility index (Phi) is 5.53. The summed E-state index contributed by atoms with van der Waals surface area (Å²) < 4.78 is 6.18. The van der Waals surface area contributed by atoms with Gasteiger partial charge in [-0.05, 0) is 44.7 Å². The smallest absolute Gasteiger partial charge is 0.124 e. The summed E-state index contributed by atoms with van der Waals surface area (Å²) in [5.74, 6) is 1.08. The lowest BCUT2D eigenvalue weighted by atomic mass is 9.97. The Bertz CT molecular complexity index is 345. The molecule has 0 amide bonds. The van der Waals surface area contributed by atoms with Gasteiger partial charge in [-0.15, -0.1) is 0 Å². The molecule has 1 aromatic carbocycles. The first kappa shape index (κ1) is 13.4. The summed E-state index contributed by atoms with van der Waals surface area (Å²) in [6, 6.07) is 8.44. The highest BCUT2D eigenvalue weighted by Crippen LogP contribution is 2.25. The van der Waals surface area contributed by atoms with Crippen LogP contribution < -0.4 is 10.1 Å². The highest BCUT2D eigenvalue weighted by atomic mass is 16.5.